The fourth-order valence-electron chi connectivity index (χ4n) is 1.44. The largest absolute Gasteiger partial charge is 0.481 e. The van der Waals surface area contributed by atoms with Crippen molar-refractivity contribution in [2.45, 2.75) is 19.4 Å². The van der Waals surface area contributed by atoms with Crippen molar-refractivity contribution >= 4 is 23.5 Å². The van der Waals surface area contributed by atoms with E-state index in [9.17, 15) is 9.59 Å². The van der Waals surface area contributed by atoms with Gasteiger partial charge in [0.25, 0.3) is 0 Å². The summed E-state index contributed by atoms with van der Waals surface area (Å²) < 4.78 is 0. The number of amidine groups is 1. The van der Waals surface area contributed by atoms with Crippen LogP contribution in [-0.2, 0) is 4.79 Å². The Balaban J connectivity index is 2.52. The lowest BCUT2D eigenvalue weighted by Crippen LogP contribution is -2.37. The molecule has 7 heteroatoms. The second kappa shape index (κ2) is 6.39. The van der Waals surface area contributed by atoms with Crippen LogP contribution in [0.2, 0.25) is 0 Å². The Morgan fingerprint density at radius 2 is 1.95 bits per heavy atom. The molecule has 1 atom stereocenters. The number of carbonyl (C=O) groups excluding carboxylic acids is 1. The van der Waals surface area contributed by atoms with E-state index >= 15 is 0 Å². The Morgan fingerprint density at radius 3 is 2.42 bits per heavy atom. The third kappa shape index (κ3) is 5.07. The average Bonchev–Trinajstić information content (AvgIpc) is 2.27. The van der Waals surface area contributed by atoms with E-state index in [0.717, 1.165) is 0 Å². The maximum atomic E-state index is 11.5. The smallest absolute Gasteiger partial charge is 0.319 e. The van der Waals surface area contributed by atoms with Gasteiger partial charge < -0.3 is 21.5 Å². The van der Waals surface area contributed by atoms with Gasteiger partial charge in [0.1, 0.15) is 5.84 Å². The number of carbonyl (C=O) groups is 2. The summed E-state index contributed by atoms with van der Waals surface area (Å²) in [4.78, 5) is 22.0. The zero-order valence-corrected chi connectivity index (χ0v) is 10.4. The molecule has 6 N–H and O–H groups in total. The van der Waals surface area contributed by atoms with Gasteiger partial charge in [0.2, 0.25) is 0 Å². The van der Waals surface area contributed by atoms with Crippen molar-refractivity contribution in [3.63, 3.8) is 0 Å². The highest BCUT2D eigenvalue weighted by atomic mass is 16.4. The Kier molecular flexibility index (Phi) is 4.87. The molecule has 102 valence electrons. The predicted molar refractivity (Wildman–Crippen MR) is 71.3 cm³/mol. The van der Waals surface area contributed by atoms with E-state index in [1.165, 1.54) is 0 Å². The van der Waals surface area contributed by atoms with Crippen molar-refractivity contribution in [3.05, 3.63) is 29.8 Å². The normalized spacial score (nSPS) is 11.4. The monoisotopic (exact) mass is 264 g/mol. The molecule has 1 unspecified atom stereocenters. The van der Waals surface area contributed by atoms with Gasteiger partial charge in [0.15, 0.2) is 0 Å². The van der Waals surface area contributed by atoms with Gasteiger partial charge in [-0.2, -0.15) is 0 Å². The standard InChI is InChI=1S/C12H16N4O3/c1-7(6-10(17)18)15-12(19)16-9-4-2-8(3-5-9)11(13)14/h2-5,7H,6H2,1H3,(H3,13,14)(H,17,18)(H2,15,16,19). The molecule has 1 rings (SSSR count). The first-order chi connectivity index (χ1) is 8.88. The van der Waals surface area contributed by atoms with Gasteiger partial charge in [-0.25, -0.2) is 4.79 Å². The van der Waals surface area contributed by atoms with E-state index in [1.807, 2.05) is 0 Å². The molecule has 0 heterocycles. The molecule has 0 aliphatic carbocycles. The van der Waals surface area contributed by atoms with Crippen LogP contribution < -0.4 is 16.4 Å². The van der Waals surface area contributed by atoms with Crippen molar-refractivity contribution < 1.29 is 14.7 Å². The Labute approximate surface area is 110 Å². The van der Waals surface area contributed by atoms with Gasteiger partial charge in [0.05, 0.1) is 6.42 Å². The van der Waals surface area contributed by atoms with E-state index in [2.05, 4.69) is 10.6 Å². The molecule has 0 bridgehead atoms. The summed E-state index contributed by atoms with van der Waals surface area (Å²) in [6.45, 7) is 1.60. The summed E-state index contributed by atoms with van der Waals surface area (Å²) >= 11 is 0. The van der Waals surface area contributed by atoms with E-state index in [1.54, 1.807) is 31.2 Å². The number of nitrogen functional groups attached to an aromatic ring is 1. The minimum absolute atomic E-state index is 0.0499. The highest BCUT2D eigenvalue weighted by Crippen LogP contribution is 2.09. The van der Waals surface area contributed by atoms with Crippen LogP contribution in [0.3, 0.4) is 0 Å². The minimum Gasteiger partial charge on any atom is -0.481 e. The summed E-state index contributed by atoms with van der Waals surface area (Å²) in [6.07, 6.45) is -0.142. The number of nitrogens with one attached hydrogen (secondary N) is 3. The molecule has 1 aromatic carbocycles. The van der Waals surface area contributed by atoms with Gasteiger partial charge in [-0.3, -0.25) is 10.2 Å². The summed E-state index contributed by atoms with van der Waals surface area (Å²) in [5.41, 5.74) is 6.40. The first kappa shape index (κ1) is 14.5. The molecule has 0 spiro atoms. The number of carboxylic acid groups (broad SMARTS) is 1. The molecule has 0 saturated heterocycles. The van der Waals surface area contributed by atoms with Gasteiger partial charge in [-0.05, 0) is 31.2 Å². The molecule has 0 radical (unpaired) electrons. The lowest BCUT2D eigenvalue weighted by molar-refractivity contribution is -0.137. The minimum atomic E-state index is -0.974. The summed E-state index contributed by atoms with van der Waals surface area (Å²) in [5, 5.41) is 20.9. The first-order valence-electron chi connectivity index (χ1n) is 5.62. The zero-order chi connectivity index (χ0) is 14.4. The van der Waals surface area contributed by atoms with Crippen molar-refractivity contribution in [2.24, 2.45) is 5.73 Å². The molecule has 1 aromatic rings. The maximum absolute atomic E-state index is 11.5. The van der Waals surface area contributed by atoms with E-state index in [0.29, 0.717) is 11.3 Å². The van der Waals surface area contributed by atoms with Gasteiger partial charge >= 0.3 is 12.0 Å². The van der Waals surface area contributed by atoms with Gasteiger partial charge in [-0.15, -0.1) is 0 Å². The third-order valence-electron chi connectivity index (χ3n) is 2.31. The number of amides is 2. The highest BCUT2D eigenvalue weighted by molar-refractivity contribution is 5.96. The van der Waals surface area contributed by atoms with Crippen LogP contribution in [0.25, 0.3) is 0 Å². The quantitative estimate of drug-likeness (QED) is 0.400. The Bertz CT molecular complexity index is 484. The second-order valence-corrected chi connectivity index (χ2v) is 4.09. The molecule has 0 aromatic heterocycles. The van der Waals surface area contributed by atoms with Crippen molar-refractivity contribution in [1.29, 1.82) is 5.41 Å². The van der Waals surface area contributed by atoms with Crippen molar-refractivity contribution in [2.75, 3.05) is 5.32 Å². The number of benzene rings is 1. The Hall–Kier alpha value is -2.57. The van der Waals surface area contributed by atoms with Gasteiger partial charge in [-0.1, -0.05) is 0 Å². The molecule has 19 heavy (non-hydrogen) atoms. The van der Waals surface area contributed by atoms with Crippen LogP contribution in [-0.4, -0.2) is 29.0 Å². The third-order valence-corrected chi connectivity index (χ3v) is 2.31. The van der Waals surface area contributed by atoms with Crippen molar-refractivity contribution in [3.8, 4) is 0 Å². The van der Waals surface area contributed by atoms with Crippen LogP contribution in [0.4, 0.5) is 10.5 Å². The second-order valence-electron chi connectivity index (χ2n) is 4.09. The number of hydrogen-bond donors (Lipinski definition) is 5. The SMILES string of the molecule is CC(CC(=O)O)NC(=O)Nc1ccc(C(=N)N)cc1. The number of urea groups is 1. The lowest BCUT2D eigenvalue weighted by atomic mass is 10.2. The molecule has 0 fully saturated rings. The van der Waals surface area contributed by atoms with Crippen LogP contribution in [0, 0.1) is 5.41 Å². The topological polar surface area (TPSA) is 128 Å². The predicted octanol–water partition coefficient (Wildman–Crippen LogP) is 0.955. The molecule has 2 amide bonds. The zero-order valence-electron chi connectivity index (χ0n) is 10.4. The molecule has 7 nitrogen and oxygen atoms in total. The molecular weight excluding hydrogens is 248 g/mol. The molecular formula is C12H16N4O3. The number of hydrogen-bond acceptors (Lipinski definition) is 3. The summed E-state index contributed by atoms with van der Waals surface area (Å²) in [6, 6.07) is 5.49. The number of anilines is 1. The first-order valence-corrected chi connectivity index (χ1v) is 5.62. The molecule has 0 saturated carbocycles. The number of rotatable bonds is 5. The average molecular weight is 264 g/mol. The number of carboxylic acids is 1. The number of aliphatic carboxylic acids is 1. The van der Waals surface area contributed by atoms with E-state index in [4.69, 9.17) is 16.2 Å². The van der Waals surface area contributed by atoms with Crippen molar-refractivity contribution in [1.82, 2.24) is 5.32 Å². The maximum Gasteiger partial charge on any atom is 0.319 e. The van der Waals surface area contributed by atoms with E-state index in [-0.39, 0.29) is 12.3 Å². The summed E-state index contributed by atoms with van der Waals surface area (Å²) in [7, 11) is 0. The van der Waals surface area contributed by atoms with Crippen LogP contribution in [0.1, 0.15) is 18.9 Å². The highest BCUT2D eigenvalue weighted by Gasteiger charge is 2.10. The fourth-order valence-corrected chi connectivity index (χ4v) is 1.44. The summed E-state index contributed by atoms with van der Waals surface area (Å²) in [5.74, 6) is -1.02. The fraction of sp³-hybridized carbons (Fsp3) is 0.250. The van der Waals surface area contributed by atoms with Crippen LogP contribution in [0.5, 0.6) is 0 Å². The molecule has 0 aliphatic heterocycles. The van der Waals surface area contributed by atoms with Gasteiger partial charge in [0, 0.05) is 17.3 Å². The van der Waals surface area contributed by atoms with Crippen LogP contribution in [0.15, 0.2) is 24.3 Å². The Morgan fingerprint density at radius 1 is 1.37 bits per heavy atom. The van der Waals surface area contributed by atoms with E-state index < -0.39 is 18.0 Å². The lowest BCUT2D eigenvalue weighted by Gasteiger charge is -2.12. The van der Waals surface area contributed by atoms with Crippen LogP contribution >= 0.6 is 0 Å². The molecule has 0 aliphatic rings. The number of nitrogens with two attached hydrogens (primary N) is 1.